The number of ether oxygens (including phenoxy) is 1. The molecule has 0 radical (unpaired) electrons. The molecule has 1 aromatic carbocycles. The van der Waals surface area contributed by atoms with E-state index in [1.807, 2.05) is 13.0 Å². The maximum absolute atomic E-state index is 11.5. The summed E-state index contributed by atoms with van der Waals surface area (Å²) >= 11 is 5.33. The molecule has 4 nitrogen and oxygen atoms in total. The molecule has 0 bridgehead atoms. The molecule has 1 aromatic rings. The van der Waals surface area contributed by atoms with Crippen LogP contribution >= 0.6 is 12.2 Å². The summed E-state index contributed by atoms with van der Waals surface area (Å²) in [7, 11) is 1.38. The fourth-order valence-corrected chi connectivity index (χ4v) is 2.69. The van der Waals surface area contributed by atoms with Crippen LogP contribution < -0.4 is 10.6 Å². The van der Waals surface area contributed by atoms with Crippen molar-refractivity contribution >= 4 is 29.0 Å². The first kappa shape index (κ1) is 14.8. The molecule has 1 fully saturated rings. The lowest BCUT2D eigenvalue weighted by atomic mass is 10.1. The summed E-state index contributed by atoms with van der Waals surface area (Å²) in [5, 5.41) is 7.10. The number of hydrogen-bond acceptors (Lipinski definition) is 3. The first-order valence-electron chi connectivity index (χ1n) is 6.86. The lowest BCUT2D eigenvalue weighted by molar-refractivity contribution is 0.0601. The van der Waals surface area contributed by atoms with Gasteiger partial charge < -0.3 is 15.4 Å². The average molecular weight is 292 g/mol. The number of esters is 1. The van der Waals surface area contributed by atoms with E-state index in [0.29, 0.717) is 16.7 Å². The minimum atomic E-state index is -0.345. The van der Waals surface area contributed by atoms with Crippen LogP contribution in [0.25, 0.3) is 0 Å². The van der Waals surface area contributed by atoms with Gasteiger partial charge in [-0.3, -0.25) is 0 Å². The first-order valence-corrected chi connectivity index (χ1v) is 7.27. The van der Waals surface area contributed by atoms with Crippen LogP contribution in [0.4, 0.5) is 5.69 Å². The fraction of sp³-hybridized carbons (Fsp3) is 0.467. The molecule has 2 N–H and O–H groups in total. The van der Waals surface area contributed by atoms with Gasteiger partial charge in [0.15, 0.2) is 5.11 Å². The monoisotopic (exact) mass is 292 g/mol. The molecule has 108 valence electrons. The van der Waals surface area contributed by atoms with Crippen molar-refractivity contribution in [3.05, 3.63) is 29.3 Å². The number of rotatable bonds is 3. The van der Waals surface area contributed by atoms with Gasteiger partial charge in [-0.1, -0.05) is 18.9 Å². The third-order valence-corrected chi connectivity index (χ3v) is 3.82. The molecule has 0 atom stereocenters. The minimum absolute atomic E-state index is 0.345. The van der Waals surface area contributed by atoms with Gasteiger partial charge in [-0.25, -0.2) is 4.79 Å². The summed E-state index contributed by atoms with van der Waals surface area (Å²) < 4.78 is 4.73. The topological polar surface area (TPSA) is 50.4 Å². The molecular formula is C15H20N2O2S. The molecule has 5 heteroatoms. The largest absolute Gasteiger partial charge is 0.465 e. The first-order chi connectivity index (χ1) is 9.60. The van der Waals surface area contributed by atoms with E-state index in [1.54, 1.807) is 12.1 Å². The van der Waals surface area contributed by atoms with E-state index in [1.165, 1.54) is 32.8 Å². The summed E-state index contributed by atoms with van der Waals surface area (Å²) in [6, 6.07) is 5.87. The molecule has 0 spiro atoms. The Morgan fingerprint density at radius 2 is 2.05 bits per heavy atom. The fourth-order valence-electron chi connectivity index (χ4n) is 2.42. The molecule has 0 saturated heterocycles. The molecule has 0 aliphatic heterocycles. The van der Waals surface area contributed by atoms with E-state index >= 15 is 0 Å². The number of thiocarbonyl (C=S) groups is 1. The highest BCUT2D eigenvalue weighted by Gasteiger charge is 2.16. The Kier molecular flexibility index (Phi) is 4.95. The van der Waals surface area contributed by atoms with Crippen molar-refractivity contribution in [2.75, 3.05) is 12.4 Å². The van der Waals surface area contributed by atoms with Gasteiger partial charge in [0, 0.05) is 11.7 Å². The molecule has 0 amide bonds. The Bertz CT molecular complexity index is 511. The van der Waals surface area contributed by atoms with Crippen LogP contribution in [0.1, 0.15) is 41.6 Å². The van der Waals surface area contributed by atoms with Crippen molar-refractivity contribution in [2.24, 2.45) is 0 Å². The number of carbonyl (C=O) groups is 1. The summed E-state index contributed by atoms with van der Waals surface area (Å²) in [4.78, 5) is 11.5. The van der Waals surface area contributed by atoms with Gasteiger partial charge in [0.25, 0.3) is 0 Å². The Hall–Kier alpha value is -1.62. The molecule has 0 unspecified atom stereocenters. The predicted octanol–water partition coefficient (Wildman–Crippen LogP) is 3.01. The smallest absolute Gasteiger partial charge is 0.337 e. The van der Waals surface area contributed by atoms with E-state index in [0.717, 1.165) is 11.3 Å². The van der Waals surface area contributed by atoms with Crippen LogP contribution in [0.15, 0.2) is 18.2 Å². The predicted molar refractivity (Wildman–Crippen MR) is 84.1 cm³/mol. The number of methoxy groups -OCH3 is 1. The Morgan fingerprint density at radius 3 is 2.70 bits per heavy atom. The third kappa shape index (κ3) is 3.70. The second-order valence-electron chi connectivity index (χ2n) is 5.10. The van der Waals surface area contributed by atoms with Gasteiger partial charge >= 0.3 is 5.97 Å². The van der Waals surface area contributed by atoms with E-state index < -0.39 is 0 Å². The number of nitrogens with one attached hydrogen (secondary N) is 2. The second-order valence-corrected chi connectivity index (χ2v) is 5.51. The van der Waals surface area contributed by atoms with Crippen LogP contribution in [0.5, 0.6) is 0 Å². The van der Waals surface area contributed by atoms with Gasteiger partial charge in [0.2, 0.25) is 0 Å². The quantitative estimate of drug-likeness (QED) is 0.662. The zero-order chi connectivity index (χ0) is 14.5. The molecule has 2 rings (SSSR count). The van der Waals surface area contributed by atoms with Gasteiger partial charge in [-0.2, -0.15) is 0 Å². The maximum atomic E-state index is 11.5. The minimum Gasteiger partial charge on any atom is -0.465 e. The second kappa shape index (κ2) is 6.70. The third-order valence-electron chi connectivity index (χ3n) is 3.60. The molecule has 0 heterocycles. The molecule has 1 aliphatic carbocycles. The summed E-state index contributed by atoms with van der Waals surface area (Å²) in [5.74, 6) is -0.345. The van der Waals surface area contributed by atoms with Gasteiger partial charge in [-0.05, 0) is 49.7 Å². The molecule has 1 aliphatic rings. The van der Waals surface area contributed by atoms with E-state index in [2.05, 4.69) is 10.6 Å². The number of carbonyl (C=O) groups excluding carboxylic acids is 1. The molecular weight excluding hydrogens is 272 g/mol. The Balaban J connectivity index is 2.03. The van der Waals surface area contributed by atoms with E-state index in [9.17, 15) is 4.79 Å². The van der Waals surface area contributed by atoms with Crippen LogP contribution in [0, 0.1) is 6.92 Å². The van der Waals surface area contributed by atoms with Gasteiger partial charge in [-0.15, -0.1) is 0 Å². The Morgan fingerprint density at radius 1 is 1.35 bits per heavy atom. The number of aryl methyl sites for hydroxylation is 1. The van der Waals surface area contributed by atoms with Crippen LogP contribution in [-0.2, 0) is 4.74 Å². The normalized spacial score (nSPS) is 14.9. The summed E-state index contributed by atoms with van der Waals surface area (Å²) in [6.45, 7) is 1.97. The number of hydrogen-bond donors (Lipinski definition) is 2. The summed E-state index contributed by atoms with van der Waals surface area (Å²) in [6.07, 6.45) is 4.86. The van der Waals surface area contributed by atoms with E-state index in [4.69, 9.17) is 17.0 Å². The van der Waals surface area contributed by atoms with Crippen molar-refractivity contribution in [2.45, 2.75) is 38.6 Å². The Labute approximate surface area is 124 Å². The highest BCUT2D eigenvalue weighted by molar-refractivity contribution is 7.80. The highest BCUT2D eigenvalue weighted by atomic mass is 32.1. The maximum Gasteiger partial charge on any atom is 0.337 e. The van der Waals surface area contributed by atoms with Crippen LogP contribution in [0.2, 0.25) is 0 Å². The average Bonchev–Trinajstić information content (AvgIpc) is 2.93. The van der Waals surface area contributed by atoms with E-state index in [-0.39, 0.29) is 5.97 Å². The van der Waals surface area contributed by atoms with Gasteiger partial charge in [0.1, 0.15) is 0 Å². The molecule has 0 aromatic heterocycles. The van der Waals surface area contributed by atoms with Crippen LogP contribution in [0.3, 0.4) is 0 Å². The lowest BCUT2D eigenvalue weighted by Crippen LogP contribution is -2.36. The zero-order valence-corrected chi connectivity index (χ0v) is 12.7. The SMILES string of the molecule is COC(=O)c1ccc(C)c(NC(=S)NC2CCCC2)c1. The zero-order valence-electron chi connectivity index (χ0n) is 11.9. The van der Waals surface area contributed by atoms with Crippen molar-refractivity contribution in [1.82, 2.24) is 5.32 Å². The van der Waals surface area contributed by atoms with Crippen LogP contribution in [-0.4, -0.2) is 24.2 Å². The lowest BCUT2D eigenvalue weighted by Gasteiger charge is -2.17. The molecule has 1 saturated carbocycles. The van der Waals surface area contributed by atoms with Crippen molar-refractivity contribution in [3.63, 3.8) is 0 Å². The van der Waals surface area contributed by atoms with Gasteiger partial charge in [0.05, 0.1) is 12.7 Å². The summed E-state index contributed by atoms with van der Waals surface area (Å²) in [5.41, 5.74) is 2.39. The van der Waals surface area contributed by atoms with Crippen molar-refractivity contribution < 1.29 is 9.53 Å². The van der Waals surface area contributed by atoms with Crippen molar-refractivity contribution in [1.29, 1.82) is 0 Å². The standard InChI is InChI=1S/C15H20N2O2S/c1-10-7-8-11(14(18)19-2)9-13(10)17-15(20)16-12-5-3-4-6-12/h7-9,12H,3-6H2,1-2H3,(H2,16,17,20). The van der Waals surface area contributed by atoms with Crippen molar-refractivity contribution in [3.8, 4) is 0 Å². The number of benzene rings is 1. The molecule has 20 heavy (non-hydrogen) atoms. The number of anilines is 1. The highest BCUT2D eigenvalue weighted by Crippen LogP contribution is 2.20.